The minimum Gasteiger partial charge on any atom is -0.324 e. The van der Waals surface area contributed by atoms with Crippen LogP contribution in [-0.4, -0.2) is 15.3 Å². The van der Waals surface area contributed by atoms with E-state index in [1.807, 2.05) is 6.07 Å². The molecule has 2 saturated carbocycles. The van der Waals surface area contributed by atoms with Crippen LogP contribution in [0.4, 0.5) is 0 Å². The molecule has 0 amide bonds. The van der Waals surface area contributed by atoms with Gasteiger partial charge in [0.25, 0.3) is 0 Å². The highest BCUT2D eigenvalue weighted by Crippen LogP contribution is 2.64. The fraction of sp³-hybridized carbons (Fsp3) is 0.500. The van der Waals surface area contributed by atoms with Crippen LogP contribution in [0.15, 0.2) is 24.3 Å². The number of nitrogens with two attached hydrogens (primary N) is 1. The minimum atomic E-state index is 0.0591. The smallest absolute Gasteiger partial charge is 0.0926 e. The summed E-state index contributed by atoms with van der Waals surface area (Å²) in [6.45, 7) is 0. The highest BCUT2D eigenvalue weighted by molar-refractivity contribution is 5.83. The van der Waals surface area contributed by atoms with Crippen LogP contribution in [0.3, 0.4) is 0 Å². The summed E-state index contributed by atoms with van der Waals surface area (Å²) in [5.41, 5.74) is 9.24. The third-order valence-corrected chi connectivity index (χ3v) is 4.69. The molecule has 4 rings (SSSR count). The van der Waals surface area contributed by atoms with Crippen molar-refractivity contribution in [1.82, 2.24) is 9.78 Å². The maximum absolute atomic E-state index is 6.50. The van der Waals surface area contributed by atoms with Gasteiger partial charge in [0.2, 0.25) is 0 Å². The summed E-state index contributed by atoms with van der Waals surface area (Å²) in [5.74, 6) is 0. The summed E-state index contributed by atoms with van der Waals surface area (Å²) >= 11 is 0. The van der Waals surface area contributed by atoms with Crippen molar-refractivity contribution >= 4 is 10.9 Å². The molecule has 3 nitrogen and oxygen atoms in total. The van der Waals surface area contributed by atoms with Crippen molar-refractivity contribution in [2.45, 2.75) is 36.6 Å². The van der Waals surface area contributed by atoms with Crippen LogP contribution in [0.5, 0.6) is 0 Å². The van der Waals surface area contributed by atoms with E-state index in [-0.39, 0.29) is 11.0 Å². The summed E-state index contributed by atoms with van der Waals surface area (Å²) in [5, 5.41) is 5.92. The molecule has 0 aliphatic heterocycles. The molecule has 3 heteroatoms. The van der Waals surface area contributed by atoms with E-state index in [1.165, 1.54) is 36.8 Å². The van der Waals surface area contributed by atoms with E-state index >= 15 is 0 Å². The van der Waals surface area contributed by atoms with Crippen LogP contribution in [-0.2, 0) is 12.5 Å². The van der Waals surface area contributed by atoms with Gasteiger partial charge < -0.3 is 5.73 Å². The van der Waals surface area contributed by atoms with Gasteiger partial charge in [0.15, 0.2) is 0 Å². The Labute approximate surface area is 101 Å². The van der Waals surface area contributed by atoms with Crippen LogP contribution < -0.4 is 5.73 Å². The molecule has 0 atom stereocenters. The molecule has 0 radical (unpaired) electrons. The lowest BCUT2D eigenvalue weighted by molar-refractivity contribution is 0.471. The van der Waals surface area contributed by atoms with Crippen molar-refractivity contribution < 1.29 is 0 Å². The van der Waals surface area contributed by atoms with E-state index in [4.69, 9.17) is 5.73 Å². The number of hydrogen-bond acceptors (Lipinski definition) is 2. The second-order valence-corrected chi connectivity index (χ2v) is 5.73. The molecule has 2 fully saturated rings. The number of nitrogens with zero attached hydrogens (tertiary/aromatic N) is 2. The average molecular weight is 227 g/mol. The molecule has 0 bridgehead atoms. The Kier molecular flexibility index (Phi) is 1.55. The van der Waals surface area contributed by atoms with Crippen LogP contribution >= 0.6 is 0 Å². The SMILES string of the molecule is Cn1nc2ccccc2c1C1(C2(N)CC2)CC1. The molecule has 17 heavy (non-hydrogen) atoms. The maximum atomic E-state index is 6.50. The fourth-order valence-electron chi connectivity index (χ4n) is 3.42. The van der Waals surface area contributed by atoms with Gasteiger partial charge in [-0.25, -0.2) is 0 Å². The Balaban J connectivity index is 1.99. The zero-order valence-corrected chi connectivity index (χ0v) is 10.1. The maximum Gasteiger partial charge on any atom is 0.0926 e. The van der Waals surface area contributed by atoms with Crippen molar-refractivity contribution in [3.8, 4) is 0 Å². The first-order valence-corrected chi connectivity index (χ1v) is 6.37. The van der Waals surface area contributed by atoms with E-state index in [9.17, 15) is 0 Å². The number of fused-ring (bicyclic) bond motifs is 1. The van der Waals surface area contributed by atoms with Gasteiger partial charge in [-0.05, 0) is 31.7 Å². The highest BCUT2D eigenvalue weighted by atomic mass is 15.3. The van der Waals surface area contributed by atoms with Gasteiger partial charge in [0.05, 0.1) is 11.2 Å². The standard InChI is InChI=1S/C14H17N3/c1-17-12(10-4-2-3-5-11(10)16-17)13(6-7-13)14(15)8-9-14/h2-5H,6-9,15H2,1H3. The highest BCUT2D eigenvalue weighted by Gasteiger charge is 2.65. The second kappa shape index (κ2) is 2.72. The van der Waals surface area contributed by atoms with Crippen LogP contribution in [0.25, 0.3) is 10.9 Å². The normalized spacial score (nSPS) is 23.9. The van der Waals surface area contributed by atoms with Crippen LogP contribution in [0, 0.1) is 0 Å². The van der Waals surface area contributed by atoms with Gasteiger partial charge in [-0.15, -0.1) is 0 Å². The summed E-state index contributed by atoms with van der Waals surface area (Å²) in [7, 11) is 2.06. The number of benzene rings is 1. The van der Waals surface area contributed by atoms with E-state index in [2.05, 4.69) is 35.0 Å². The second-order valence-electron chi connectivity index (χ2n) is 5.73. The minimum absolute atomic E-state index is 0.0591. The van der Waals surface area contributed by atoms with Gasteiger partial charge in [0.1, 0.15) is 0 Å². The number of aryl methyl sites for hydroxylation is 1. The Morgan fingerprint density at radius 3 is 2.53 bits per heavy atom. The molecular formula is C14H17N3. The van der Waals surface area contributed by atoms with Crippen molar-refractivity contribution in [2.75, 3.05) is 0 Å². The molecule has 2 aliphatic rings. The molecule has 2 N–H and O–H groups in total. The van der Waals surface area contributed by atoms with Crippen molar-refractivity contribution in [3.05, 3.63) is 30.0 Å². The molecule has 1 aromatic carbocycles. The summed E-state index contributed by atoms with van der Waals surface area (Å²) in [6, 6.07) is 8.42. The Morgan fingerprint density at radius 1 is 1.18 bits per heavy atom. The molecule has 0 spiro atoms. The van der Waals surface area contributed by atoms with Crippen molar-refractivity contribution in [3.63, 3.8) is 0 Å². The van der Waals surface area contributed by atoms with E-state index < -0.39 is 0 Å². The van der Waals surface area contributed by atoms with E-state index in [0.29, 0.717) is 0 Å². The first-order valence-electron chi connectivity index (χ1n) is 6.37. The van der Waals surface area contributed by atoms with Crippen LogP contribution in [0.1, 0.15) is 31.4 Å². The largest absolute Gasteiger partial charge is 0.324 e. The van der Waals surface area contributed by atoms with Crippen molar-refractivity contribution in [1.29, 1.82) is 0 Å². The quantitative estimate of drug-likeness (QED) is 0.853. The van der Waals surface area contributed by atoms with E-state index in [0.717, 1.165) is 5.52 Å². The molecule has 1 heterocycles. The predicted molar refractivity (Wildman–Crippen MR) is 67.8 cm³/mol. The van der Waals surface area contributed by atoms with E-state index in [1.54, 1.807) is 0 Å². The average Bonchev–Trinajstić information content (AvgIpc) is 3.20. The lowest BCUT2D eigenvalue weighted by Crippen LogP contribution is -2.38. The Bertz CT molecular complexity index is 603. The first-order chi connectivity index (χ1) is 8.16. The lowest BCUT2D eigenvalue weighted by Gasteiger charge is -2.23. The monoisotopic (exact) mass is 227 g/mol. The molecule has 88 valence electrons. The molecule has 2 aromatic rings. The van der Waals surface area contributed by atoms with Gasteiger partial charge in [-0.3, -0.25) is 4.68 Å². The summed E-state index contributed by atoms with van der Waals surface area (Å²) in [6.07, 6.45) is 4.80. The zero-order chi connectivity index (χ0) is 11.7. The van der Waals surface area contributed by atoms with Crippen LogP contribution in [0.2, 0.25) is 0 Å². The topological polar surface area (TPSA) is 43.8 Å². The number of rotatable bonds is 2. The lowest BCUT2D eigenvalue weighted by atomic mass is 9.88. The number of hydrogen-bond donors (Lipinski definition) is 1. The third-order valence-electron chi connectivity index (χ3n) is 4.69. The van der Waals surface area contributed by atoms with Gasteiger partial charge in [-0.2, -0.15) is 5.10 Å². The van der Waals surface area contributed by atoms with Gasteiger partial charge in [-0.1, -0.05) is 18.2 Å². The summed E-state index contributed by atoms with van der Waals surface area (Å²) in [4.78, 5) is 0. The molecule has 2 aliphatic carbocycles. The molecule has 1 aromatic heterocycles. The van der Waals surface area contributed by atoms with Gasteiger partial charge >= 0.3 is 0 Å². The molecule has 0 saturated heterocycles. The fourth-order valence-corrected chi connectivity index (χ4v) is 3.42. The zero-order valence-electron chi connectivity index (χ0n) is 10.1. The van der Waals surface area contributed by atoms with Crippen molar-refractivity contribution in [2.24, 2.45) is 12.8 Å². The molecule has 0 unspecified atom stereocenters. The Morgan fingerprint density at radius 2 is 1.88 bits per heavy atom. The number of aromatic nitrogens is 2. The Hall–Kier alpha value is -1.35. The van der Waals surface area contributed by atoms with Gasteiger partial charge in [0, 0.05) is 23.4 Å². The third kappa shape index (κ3) is 1.08. The first kappa shape index (κ1) is 9.66. The molecular weight excluding hydrogens is 210 g/mol. The predicted octanol–water partition coefficient (Wildman–Crippen LogP) is 2.10. The summed E-state index contributed by atoms with van der Waals surface area (Å²) < 4.78 is 2.06.